The zero-order valence-corrected chi connectivity index (χ0v) is 12.4. The van der Waals surface area contributed by atoms with Crippen molar-refractivity contribution >= 4 is 5.91 Å². The monoisotopic (exact) mass is 276 g/mol. The maximum atomic E-state index is 12.1. The van der Waals surface area contributed by atoms with E-state index in [1.54, 1.807) is 7.05 Å². The lowest BCUT2D eigenvalue weighted by atomic mass is 9.76. The fourth-order valence-electron chi connectivity index (χ4n) is 4.12. The van der Waals surface area contributed by atoms with Gasteiger partial charge < -0.3 is 5.32 Å². The highest BCUT2D eigenvalue weighted by molar-refractivity contribution is 5.79. The Labute approximate surface area is 120 Å². The van der Waals surface area contributed by atoms with Gasteiger partial charge >= 0.3 is 0 Å². The highest BCUT2D eigenvalue weighted by atomic mass is 16.1. The van der Waals surface area contributed by atoms with Crippen LogP contribution < -0.4 is 5.32 Å². The minimum atomic E-state index is 0.212. The number of aryl methyl sites for hydroxylation is 1. The fraction of sp³-hybridized carbons (Fsp3) is 0.733. The summed E-state index contributed by atoms with van der Waals surface area (Å²) in [6.45, 7) is 3.09. The Morgan fingerprint density at radius 2 is 2.40 bits per heavy atom. The lowest BCUT2D eigenvalue weighted by molar-refractivity contribution is -0.127. The topological polar surface area (TPSA) is 50.2 Å². The van der Waals surface area contributed by atoms with Crippen LogP contribution in [0.1, 0.15) is 31.4 Å². The summed E-state index contributed by atoms with van der Waals surface area (Å²) in [6.07, 6.45) is 6.46. The molecular weight excluding hydrogens is 252 g/mol. The number of carbonyl (C=O) groups excluding carboxylic acids is 1. The van der Waals surface area contributed by atoms with Crippen molar-refractivity contribution < 1.29 is 4.79 Å². The van der Waals surface area contributed by atoms with E-state index < -0.39 is 0 Å². The van der Waals surface area contributed by atoms with Gasteiger partial charge in [0.1, 0.15) is 0 Å². The maximum absolute atomic E-state index is 12.1. The Balaban J connectivity index is 1.69. The molecule has 110 valence electrons. The first-order chi connectivity index (χ1) is 9.64. The van der Waals surface area contributed by atoms with Crippen molar-refractivity contribution in [3.05, 3.63) is 18.0 Å². The third kappa shape index (κ3) is 2.24. The Hall–Kier alpha value is -1.36. The normalized spacial score (nSPS) is 30.2. The van der Waals surface area contributed by atoms with Crippen molar-refractivity contribution in [3.63, 3.8) is 0 Å². The minimum Gasteiger partial charge on any atom is -0.359 e. The molecule has 1 aliphatic carbocycles. The molecule has 1 aromatic heterocycles. The number of hydrogen-bond donors (Lipinski definition) is 1. The van der Waals surface area contributed by atoms with Gasteiger partial charge in [-0.15, -0.1) is 0 Å². The minimum absolute atomic E-state index is 0.212. The molecule has 2 heterocycles. The van der Waals surface area contributed by atoms with E-state index >= 15 is 0 Å². The van der Waals surface area contributed by atoms with Gasteiger partial charge in [-0.3, -0.25) is 14.4 Å². The first-order valence-electron chi connectivity index (χ1n) is 7.55. The van der Waals surface area contributed by atoms with Crippen molar-refractivity contribution in [2.45, 2.75) is 32.2 Å². The quantitative estimate of drug-likeness (QED) is 0.901. The van der Waals surface area contributed by atoms with E-state index in [9.17, 15) is 4.79 Å². The molecule has 20 heavy (non-hydrogen) atoms. The van der Waals surface area contributed by atoms with Crippen LogP contribution in [-0.2, 0) is 18.4 Å². The van der Waals surface area contributed by atoms with Gasteiger partial charge in [0.05, 0.1) is 5.69 Å². The summed E-state index contributed by atoms with van der Waals surface area (Å²) >= 11 is 0. The fourth-order valence-corrected chi connectivity index (χ4v) is 4.12. The summed E-state index contributed by atoms with van der Waals surface area (Å²) in [4.78, 5) is 14.6. The second-order valence-corrected chi connectivity index (χ2v) is 6.33. The molecule has 3 rings (SSSR count). The molecule has 1 saturated carbocycles. The van der Waals surface area contributed by atoms with E-state index in [1.807, 2.05) is 17.9 Å². The lowest BCUT2D eigenvalue weighted by Crippen LogP contribution is -2.39. The number of rotatable bonds is 3. The van der Waals surface area contributed by atoms with Gasteiger partial charge in [0.15, 0.2) is 0 Å². The third-order valence-corrected chi connectivity index (χ3v) is 5.24. The number of carbonyl (C=O) groups is 1. The van der Waals surface area contributed by atoms with Crippen LogP contribution in [0.25, 0.3) is 0 Å². The zero-order chi connectivity index (χ0) is 14.2. The van der Waals surface area contributed by atoms with Crippen molar-refractivity contribution in [3.8, 4) is 0 Å². The molecule has 2 aliphatic rings. The van der Waals surface area contributed by atoms with E-state index in [1.165, 1.54) is 18.5 Å². The lowest BCUT2D eigenvalue weighted by Gasteiger charge is -2.30. The van der Waals surface area contributed by atoms with Crippen LogP contribution in [0.4, 0.5) is 0 Å². The predicted molar refractivity (Wildman–Crippen MR) is 76.9 cm³/mol. The van der Waals surface area contributed by atoms with Gasteiger partial charge in [0.2, 0.25) is 5.91 Å². The standard InChI is InChI=1S/C15H24N4O/c1-16-14(20)13-4-3-6-15(13)7-9-19(11-15)10-12-5-8-17-18(12)2/h5,8,13H,3-4,6-7,9-11H2,1-2H3,(H,16,20). The van der Waals surface area contributed by atoms with Crippen LogP contribution >= 0.6 is 0 Å². The molecule has 1 spiro atoms. The van der Waals surface area contributed by atoms with Crippen LogP contribution in [0.3, 0.4) is 0 Å². The maximum Gasteiger partial charge on any atom is 0.223 e. The molecule has 2 atom stereocenters. The van der Waals surface area contributed by atoms with Crippen LogP contribution in [0.2, 0.25) is 0 Å². The molecule has 2 fully saturated rings. The molecule has 1 aromatic rings. The van der Waals surface area contributed by atoms with Crippen molar-refractivity contribution in [1.82, 2.24) is 20.0 Å². The van der Waals surface area contributed by atoms with Crippen LogP contribution in [0.15, 0.2) is 12.3 Å². The number of likely N-dealkylation sites (tertiary alicyclic amines) is 1. The summed E-state index contributed by atoms with van der Waals surface area (Å²) in [6, 6.07) is 2.08. The molecule has 1 N–H and O–H groups in total. The van der Waals surface area contributed by atoms with Crippen LogP contribution in [-0.4, -0.2) is 40.7 Å². The number of nitrogens with one attached hydrogen (secondary N) is 1. The van der Waals surface area contributed by atoms with E-state index in [4.69, 9.17) is 0 Å². The second kappa shape index (κ2) is 5.20. The number of hydrogen-bond acceptors (Lipinski definition) is 3. The Bertz CT molecular complexity index is 498. The molecule has 5 nitrogen and oxygen atoms in total. The first kappa shape index (κ1) is 13.6. The average Bonchev–Trinajstić information content (AvgIpc) is 3.14. The van der Waals surface area contributed by atoms with Gasteiger partial charge in [-0.2, -0.15) is 5.10 Å². The number of nitrogens with zero attached hydrogens (tertiary/aromatic N) is 3. The Morgan fingerprint density at radius 3 is 3.10 bits per heavy atom. The Morgan fingerprint density at radius 1 is 1.55 bits per heavy atom. The molecule has 1 amide bonds. The summed E-state index contributed by atoms with van der Waals surface area (Å²) in [5.74, 6) is 0.453. The summed E-state index contributed by atoms with van der Waals surface area (Å²) in [5, 5.41) is 7.09. The van der Waals surface area contributed by atoms with E-state index in [-0.39, 0.29) is 17.2 Å². The van der Waals surface area contributed by atoms with Gasteiger partial charge in [0.25, 0.3) is 0 Å². The van der Waals surface area contributed by atoms with Crippen molar-refractivity contribution in [2.24, 2.45) is 18.4 Å². The van der Waals surface area contributed by atoms with E-state index in [0.29, 0.717) is 0 Å². The number of aromatic nitrogens is 2. The molecule has 0 bridgehead atoms. The zero-order valence-electron chi connectivity index (χ0n) is 12.4. The number of amides is 1. The van der Waals surface area contributed by atoms with Gasteiger partial charge in [0, 0.05) is 39.3 Å². The summed E-state index contributed by atoms with van der Waals surface area (Å²) in [7, 11) is 3.75. The molecule has 0 aromatic carbocycles. The Kier molecular flexibility index (Phi) is 3.54. The first-order valence-corrected chi connectivity index (χ1v) is 7.55. The average molecular weight is 276 g/mol. The van der Waals surface area contributed by atoms with Gasteiger partial charge in [-0.1, -0.05) is 6.42 Å². The summed E-state index contributed by atoms with van der Waals surface area (Å²) < 4.78 is 1.94. The van der Waals surface area contributed by atoms with Crippen molar-refractivity contribution in [1.29, 1.82) is 0 Å². The highest BCUT2D eigenvalue weighted by Gasteiger charge is 2.49. The SMILES string of the molecule is CNC(=O)C1CCCC12CCN(Cc1ccnn1C)C2. The van der Waals surface area contributed by atoms with Crippen LogP contribution in [0.5, 0.6) is 0 Å². The van der Waals surface area contributed by atoms with E-state index in [2.05, 4.69) is 21.4 Å². The van der Waals surface area contributed by atoms with Gasteiger partial charge in [-0.05, 0) is 37.3 Å². The molecule has 2 unspecified atom stereocenters. The summed E-state index contributed by atoms with van der Waals surface area (Å²) in [5.41, 5.74) is 1.47. The second-order valence-electron chi connectivity index (χ2n) is 6.33. The highest BCUT2D eigenvalue weighted by Crippen LogP contribution is 2.49. The van der Waals surface area contributed by atoms with Gasteiger partial charge in [-0.25, -0.2) is 0 Å². The van der Waals surface area contributed by atoms with Crippen molar-refractivity contribution in [2.75, 3.05) is 20.1 Å². The smallest absolute Gasteiger partial charge is 0.223 e. The predicted octanol–water partition coefficient (Wildman–Crippen LogP) is 1.16. The largest absolute Gasteiger partial charge is 0.359 e. The third-order valence-electron chi connectivity index (χ3n) is 5.24. The molecule has 5 heteroatoms. The molecule has 1 aliphatic heterocycles. The van der Waals surface area contributed by atoms with Crippen LogP contribution in [0, 0.1) is 11.3 Å². The molecule has 0 radical (unpaired) electrons. The molecule has 1 saturated heterocycles. The molecular formula is C15H24N4O. The van der Waals surface area contributed by atoms with E-state index in [0.717, 1.165) is 32.5 Å².